The minimum atomic E-state index is -0.906. The molecule has 0 saturated carbocycles. The molecule has 1 atom stereocenters. The highest BCUT2D eigenvalue weighted by atomic mass is 79.9. The van der Waals surface area contributed by atoms with Crippen LogP contribution in [-0.4, -0.2) is 20.7 Å². The van der Waals surface area contributed by atoms with Crippen LogP contribution in [0.15, 0.2) is 41.1 Å². The lowest BCUT2D eigenvalue weighted by Gasteiger charge is -2.17. The van der Waals surface area contributed by atoms with Gasteiger partial charge >= 0.3 is 5.97 Å². The van der Waals surface area contributed by atoms with Gasteiger partial charge in [-0.25, -0.2) is 9.31 Å². The van der Waals surface area contributed by atoms with Gasteiger partial charge in [-0.1, -0.05) is 41.9 Å². The molecule has 0 amide bonds. The molecule has 0 bridgehead atoms. The van der Waals surface area contributed by atoms with Gasteiger partial charge in [-0.2, -0.15) is 5.10 Å². The van der Waals surface area contributed by atoms with Gasteiger partial charge in [0.1, 0.15) is 0 Å². The Balaban J connectivity index is 2.32. The molecule has 3 rings (SSSR count). The van der Waals surface area contributed by atoms with E-state index in [4.69, 9.17) is 0 Å². The highest BCUT2D eigenvalue weighted by Gasteiger charge is 2.22. The number of halogens is 1. The Morgan fingerprint density at radius 2 is 2.00 bits per heavy atom. The van der Waals surface area contributed by atoms with Gasteiger partial charge in [0.15, 0.2) is 0 Å². The van der Waals surface area contributed by atoms with Crippen LogP contribution in [-0.2, 0) is 0 Å². The molecule has 0 spiro atoms. The molecule has 1 aromatic carbocycles. The summed E-state index contributed by atoms with van der Waals surface area (Å²) in [5.74, 6) is -0.732. The highest BCUT2D eigenvalue weighted by molar-refractivity contribution is 9.10. The number of benzene rings is 1. The molecule has 0 fully saturated rings. The number of nitrogens with zero attached hydrogens (tertiary/aromatic N) is 2. The van der Waals surface area contributed by atoms with Crippen LogP contribution in [0.25, 0.3) is 16.6 Å². The van der Waals surface area contributed by atoms with Crippen molar-refractivity contribution >= 4 is 27.4 Å². The standard InChI is InChI=1S/C19H19BrN2O2/c1-4-11(2)17-12(3)18-15(13-5-7-14(20)8-6-13)9-21-22(18)10-16(17)19(23)24/h5-11H,4H2,1-3H3,(H,23,24). The minimum Gasteiger partial charge on any atom is -0.478 e. The fourth-order valence-electron chi connectivity index (χ4n) is 3.21. The largest absolute Gasteiger partial charge is 0.478 e. The summed E-state index contributed by atoms with van der Waals surface area (Å²) in [4.78, 5) is 11.7. The second kappa shape index (κ2) is 6.40. The maximum absolute atomic E-state index is 11.7. The average molecular weight is 387 g/mol. The van der Waals surface area contributed by atoms with E-state index in [-0.39, 0.29) is 5.92 Å². The number of hydrogen-bond acceptors (Lipinski definition) is 2. The molecule has 24 heavy (non-hydrogen) atoms. The van der Waals surface area contributed by atoms with Gasteiger partial charge < -0.3 is 5.11 Å². The molecule has 0 saturated heterocycles. The molecular weight excluding hydrogens is 368 g/mol. The molecule has 0 aliphatic heterocycles. The molecule has 3 aromatic rings. The lowest BCUT2D eigenvalue weighted by molar-refractivity contribution is 0.0694. The third-order valence-electron chi connectivity index (χ3n) is 4.59. The van der Waals surface area contributed by atoms with E-state index in [1.54, 1.807) is 16.9 Å². The SMILES string of the molecule is CCC(C)c1c(C(=O)O)cn2ncc(-c3ccc(Br)cc3)c2c1C. The molecular formula is C19H19BrN2O2. The van der Waals surface area contributed by atoms with E-state index in [1.807, 2.05) is 31.2 Å². The van der Waals surface area contributed by atoms with Gasteiger partial charge in [-0.05, 0) is 48.1 Å². The number of hydrogen-bond donors (Lipinski definition) is 1. The summed E-state index contributed by atoms with van der Waals surface area (Å²) in [6.45, 7) is 6.14. The maximum atomic E-state index is 11.7. The van der Waals surface area contributed by atoms with E-state index in [9.17, 15) is 9.90 Å². The van der Waals surface area contributed by atoms with Crippen molar-refractivity contribution in [2.24, 2.45) is 0 Å². The van der Waals surface area contributed by atoms with Crippen LogP contribution in [0.4, 0.5) is 0 Å². The third-order valence-corrected chi connectivity index (χ3v) is 5.12. The summed E-state index contributed by atoms with van der Waals surface area (Å²) in [6, 6.07) is 8.06. The fourth-order valence-corrected chi connectivity index (χ4v) is 3.47. The van der Waals surface area contributed by atoms with Crippen molar-refractivity contribution in [2.45, 2.75) is 33.1 Å². The maximum Gasteiger partial charge on any atom is 0.337 e. The summed E-state index contributed by atoms with van der Waals surface area (Å²) < 4.78 is 2.70. The molecule has 124 valence electrons. The summed E-state index contributed by atoms with van der Waals surface area (Å²) in [7, 11) is 0. The number of rotatable bonds is 4. The fraction of sp³-hybridized carbons (Fsp3) is 0.263. The lowest BCUT2D eigenvalue weighted by atomic mass is 9.89. The third kappa shape index (κ3) is 2.73. The molecule has 0 aliphatic rings. The monoisotopic (exact) mass is 386 g/mol. The number of carboxylic acids is 1. The Morgan fingerprint density at radius 1 is 1.33 bits per heavy atom. The summed E-state index contributed by atoms with van der Waals surface area (Å²) >= 11 is 3.45. The van der Waals surface area contributed by atoms with Crippen LogP contribution in [0.5, 0.6) is 0 Å². The number of fused-ring (bicyclic) bond motifs is 1. The van der Waals surface area contributed by atoms with Crippen LogP contribution >= 0.6 is 15.9 Å². The van der Waals surface area contributed by atoms with Crippen molar-refractivity contribution in [3.05, 3.63) is 57.8 Å². The van der Waals surface area contributed by atoms with Gasteiger partial charge in [0.05, 0.1) is 17.3 Å². The second-order valence-electron chi connectivity index (χ2n) is 6.05. The van der Waals surface area contributed by atoms with Crippen molar-refractivity contribution in [1.82, 2.24) is 9.61 Å². The van der Waals surface area contributed by atoms with Crippen molar-refractivity contribution in [3.8, 4) is 11.1 Å². The Hall–Kier alpha value is -2.14. The van der Waals surface area contributed by atoms with Gasteiger partial charge in [0.25, 0.3) is 0 Å². The number of aryl methyl sites for hydroxylation is 1. The number of aromatic carboxylic acids is 1. The highest BCUT2D eigenvalue weighted by Crippen LogP contribution is 2.34. The van der Waals surface area contributed by atoms with E-state index in [0.29, 0.717) is 5.56 Å². The molecule has 2 heterocycles. The number of pyridine rings is 1. The molecule has 1 N–H and O–H groups in total. The van der Waals surface area contributed by atoms with Crippen molar-refractivity contribution in [2.75, 3.05) is 0 Å². The van der Waals surface area contributed by atoms with Crippen LogP contribution in [0.3, 0.4) is 0 Å². The zero-order valence-electron chi connectivity index (χ0n) is 13.9. The van der Waals surface area contributed by atoms with Crippen LogP contribution in [0, 0.1) is 6.92 Å². The topological polar surface area (TPSA) is 54.6 Å². The second-order valence-corrected chi connectivity index (χ2v) is 6.97. The van der Waals surface area contributed by atoms with Crippen LogP contribution < -0.4 is 0 Å². The van der Waals surface area contributed by atoms with Crippen molar-refractivity contribution < 1.29 is 9.90 Å². The van der Waals surface area contributed by atoms with Gasteiger partial charge in [0.2, 0.25) is 0 Å². The summed E-state index contributed by atoms with van der Waals surface area (Å²) in [5, 5.41) is 14.0. The Kier molecular flexibility index (Phi) is 4.45. The van der Waals surface area contributed by atoms with E-state index in [0.717, 1.165) is 38.7 Å². The van der Waals surface area contributed by atoms with Gasteiger partial charge in [-0.15, -0.1) is 0 Å². The van der Waals surface area contributed by atoms with Crippen molar-refractivity contribution in [3.63, 3.8) is 0 Å². The lowest BCUT2D eigenvalue weighted by Crippen LogP contribution is -2.10. The summed E-state index contributed by atoms with van der Waals surface area (Å²) in [5.41, 5.74) is 5.27. The predicted molar refractivity (Wildman–Crippen MR) is 98.7 cm³/mol. The molecule has 0 radical (unpaired) electrons. The summed E-state index contributed by atoms with van der Waals surface area (Å²) in [6.07, 6.45) is 4.32. The van der Waals surface area contributed by atoms with Gasteiger partial charge in [0, 0.05) is 16.2 Å². The van der Waals surface area contributed by atoms with Gasteiger partial charge in [-0.3, -0.25) is 0 Å². The quantitative estimate of drug-likeness (QED) is 0.662. The smallest absolute Gasteiger partial charge is 0.337 e. The molecule has 1 unspecified atom stereocenters. The molecule has 2 aromatic heterocycles. The zero-order valence-corrected chi connectivity index (χ0v) is 15.5. The minimum absolute atomic E-state index is 0.175. The van der Waals surface area contributed by atoms with Crippen LogP contribution in [0.2, 0.25) is 0 Å². The molecule has 5 heteroatoms. The van der Waals surface area contributed by atoms with E-state index >= 15 is 0 Å². The first-order valence-electron chi connectivity index (χ1n) is 7.94. The van der Waals surface area contributed by atoms with E-state index in [1.165, 1.54) is 0 Å². The predicted octanol–water partition coefficient (Wildman–Crippen LogP) is 5.28. The van der Waals surface area contributed by atoms with E-state index < -0.39 is 5.97 Å². The first-order chi connectivity index (χ1) is 11.4. The molecule has 4 nitrogen and oxygen atoms in total. The first-order valence-corrected chi connectivity index (χ1v) is 8.73. The Morgan fingerprint density at radius 3 is 2.58 bits per heavy atom. The average Bonchev–Trinajstić information content (AvgIpc) is 2.99. The number of aromatic nitrogens is 2. The Labute approximate surface area is 149 Å². The van der Waals surface area contributed by atoms with E-state index in [2.05, 4.69) is 34.9 Å². The van der Waals surface area contributed by atoms with Crippen molar-refractivity contribution in [1.29, 1.82) is 0 Å². The van der Waals surface area contributed by atoms with Crippen LogP contribution in [0.1, 0.15) is 47.7 Å². The molecule has 0 aliphatic carbocycles. The Bertz CT molecular complexity index is 913. The first kappa shape index (κ1) is 16.7. The number of carboxylic acid groups (broad SMARTS) is 1. The normalized spacial score (nSPS) is 12.5. The zero-order chi connectivity index (χ0) is 17.4. The number of carbonyl (C=O) groups is 1.